The minimum absolute atomic E-state index is 0.421. The zero-order valence-corrected chi connectivity index (χ0v) is 20.4. The lowest BCUT2D eigenvalue weighted by Gasteiger charge is -2.10. The van der Waals surface area contributed by atoms with Crippen molar-refractivity contribution in [3.8, 4) is 5.75 Å². The van der Waals surface area contributed by atoms with Gasteiger partial charge in [0.1, 0.15) is 5.75 Å². The molecule has 1 aromatic heterocycles. The molecule has 0 spiro atoms. The smallest absolute Gasteiger partial charge is 0.119 e. The lowest BCUT2D eigenvalue weighted by atomic mass is 9.97. The van der Waals surface area contributed by atoms with E-state index in [4.69, 9.17) is 0 Å². The molecule has 0 atom stereocenters. The first-order valence-electron chi connectivity index (χ1n) is 13.1. The van der Waals surface area contributed by atoms with Crippen molar-refractivity contribution in [2.24, 2.45) is 0 Å². The highest BCUT2D eigenvalue weighted by Gasteiger charge is 2.13. The van der Waals surface area contributed by atoms with Crippen molar-refractivity contribution < 1.29 is 5.11 Å². The van der Waals surface area contributed by atoms with Crippen molar-refractivity contribution in [3.63, 3.8) is 0 Å². The van der Waals surface area contributed by atoms with Gasteiger partial charge in [0, 0.05) is 16.3 Å². The van der Waals surface area contributed by atoms with E-state index in [-0.39, 0.29) is 0 Å². The summed E-state index contributed by atoms with van der Waals surface area (Å²) in [6, 6.07) is 10.3. The third-order valence-corrected chi connectivity index (χ3v) is 6.85. The van der Waals surface area contributed by atoms with Gasteiger partial charge in [-0.25, -0.2) is 0 Å². The lowest BCUT2D eigenvalue weighted by molar-refractivity contribution is 0.471. The van der Waals surface area contributed by atoms with E-state index in [9.17, 15) is 5.11 Å². The summed E-state index contributed by atoms with van der Waals surface area (Å²) in [6.07, 6.45) is 23.0. The topological polar surface area (TPSA) is 36.0 Å². The normalized spacial score (nSPS) is 11.9. The van der Waals surface area contributed by atoms with E-state index >= 15 is 0 Å². The molecule has 3 aromatic rings. The van der Waals surface area contributed by atoms with Gasteiger partial charge in [0.15, 0.2) is 0 Å². The van der Waals surface area contributed by atoms with E-state index in [2.05, 4.69) is 48.3 Å². The molecule has 2 aromatic carbocycles. The van der Waals surface area contributed by atoms with Crippen molar-refractivity contribution in [2.45, 2.75) is 104 Å². The van der Waals surface area contributed by atoms with Crippen molar-refractivity contribution in [1.29, 1.82) is 0 Å². The third kappa shape index (κ3) is 6.89. The number of rotatable bonds is 15. The molecule has 0 aliphatic rings. The SMILES string of the molecule is CCCCCCCC/C=C\CCCCCCCc1c(C)c(O)cc2c1[nH]c1ccccc12. The summed E-state index contributed by atoms with van der Waals surface area (Å²) in [5.74, 6) is 0.421. The number of benzene rings is 2. The Hall–Kier alpha value is -2.22. The minimum atomic E-state index is 0.421. The van der Waals surface area contributed by atoms with Crippen LogP contribution in [0.25, 0.3) is 21.8 Å². The maximum atomic E-state index is 10.5. The molecule has 1 heterocycles. The van der Waals surface area contributed by atoms with Gasteiger partial charge in [-0.1, -0.05) is 88.6 Å². The molecule has 0 amide bonds. The molecule has 2 N–H and O–H groups in total. The fraction of sp³-hybridized carbons (Fsp3) is 0.533. The van der Waals surface area contributed by atoms with Gasteiger partial charge in [0.05, 0.1) is 5.52 Å². The van der Waals surface area contributed by atoms with Crippen LogP contribution in [0, 0.1) is 6.92 Å². The number of aryl methyl sites for hydroxylation is 1. The molecule has 0 saturated carbocycles. The lowest BCUT2D eigenvalue weighted by Crippen LogP contribution is -1.93. The second-order valence-electron chi connectivity index (χ2n) is 9.43. The number of para-hydroxylation sites is 1. The molecule has 0 fully saturated rings. The number of phenols is 1. The van der Waals surface area contributed by atoms with E-state index in [0.717, 1.165) is 22.9 Å². The van der Waals surface area contributed by atoms with Crippen LogP contribution in [0.4, 0.5) is 0 Å². The number of aromatic hydroxyl groups is 1. The maximum absolute atomic E-state index is 10.5. The van der Waals surface area contributed by atoms with E-state index < -0.39 is 0 Å². The first kappa shape index (κ1) is 24.4. The predicted octanol–water partition coefficient (Wildman–Crippen LogP) is 9.53. The number of phenolic OH excluding ortho intramolecular Hbond substituents is 1. The molecule has 3 rings (SSSR count). The number of aromatic nitrogens is 1. The van der Waals surface area contributed by atoms with Crippen molar-refractivity contribution >= 4 is 21.8 Å². The standard InChI is InChI=1S/C30H43NO/c1-3-4-5-6-7-8-9-10-11-12-13-14-15-16-17-20-25-24(2)29(32)23-27-26-21-18-19-22-28(26)31-30(25)27/h10-11,18-19,21-23,31-32H,3-9,12-17,20H2,1-2H3/b11-10-. The average Bonchev–Trinajstić information content (AvgIpc) is 3.16. The Morgan fingerprint density at radius 2 is 1.41 bits per heavy atom. The van der Waals surface area contributed by atoms with Gasteiger partial charge in [-0.3, -0.25) is 0 Å². The van der Waals surface area contributed by atoms with Gasteiger partial charge < -0.3 is 10.1 Å². The molecule has 32 heavy (non-hydrogen) atoms. The first-order valence-corrected chi connectivity index (χ1v) is 13.1. The molecular formula is C30H43NO. The van der Waals surface area contributed by atoms with Crippen LogP contribution in [0.3, 0.4) is 0 Å². The summed E-state index contributed by atoms with van der Waals surface area (Å²) in [4.78, 5) is 3.60. The highest BCUT2D eigenvalue weighted by atomic mass is 16.3. The molecule has 0 unspecified atom stereocenters. The first-order chi connectivity index (χ1) is 15.7. The second-order valence-corrected chi connectivity index (χ2v) is 9.43. The molecule has 2 nitrogen and oxygen atoms in total. The van der Waals surface area contributed by atoms with E-state index in [1.54, 1.807) is 0 Å². The Kier molecular flexibility index (Phi) is 10.2. The van der Waals surface area contributed by atoms with Crippen LogP contribution < -0.4 is 0 Å². The summed E-state index contributed by atoms with van der Waals surface area (Å²) < 4.78 is 0. The van der Waals surface area contributed by atoms with Crippen LogP contribution in [0.2, 0.25) is 0 Å². The van der Waals surface area contributed by atoms with Crippen LogP contribution in [-0.2, 0) is 6.42 Å². The van der Waals surface area contributed by atoms with Crippen LogP contribution >= 0.6 is 0 Å². The Bertz CT molecular complexity index is 981. The highest BCUT2D eigenvalue weighted by Crippen LogP contribution is 2.35. The average molecular weight is 434 g/mol. The van der Waals surface area contributed by atoms with Crippen LogP contribution in [0.15, 0.2) is 42.5 Å². The summed E-state index contributed by atoms with van der Waals surface area (Å²) in [6.45, 7) is 4.33. The summed E-state index contributed by atoms with van der Waals surface area (Å²) in [5, 5.41) is 12.8. The molecule has 0 aliphatic carbocycles. The third-order valence-electron chi connectivity index (χ3n) is 6.85. The summed E-state index contributed by atoms with van der Waals surface area (Å²) >= 11 is 0. The van der Waals surface area contributed by atoms with Gasteiger partial charge in [-0.2, -0.15) is 0 Å². The Labute approximate surface area is 195 Å². The molecule has 174 valence electrons. The number of fused-ring (bicyclic) bond motifs is 3. The fourth-order valence-corrected chi connectivity index (χ4v) is 4.82. The van der Waals surface area contributed by atoms with Gasteiger partial charge >= 0.3 is 0 Å². The predicted molar refractivity (Wildman–Crippen MR) is 141 cm³/mol. The number of unbranched alkanes of at least 4 members (excludes halogenated alkanes) is 11. The van der Waals surface area contributed by atoms with E-state index in [1.165, 1.54) is 99.9 Å². The van der Waals surface area contributed by atoms with Crippen LogP contribution in [0.5, 0.6) is 5.75 Å². The molecule has 0 bridgehead atoms. The van der Waals surface area contributed by atoms with Crippen LogP contribution in [-0.4, -0.2) is 10.1 Å². The Morgan fingerprint density at radius 3 is 2.12 bits per heavy atom. The molecule has 0 saturated heterocycles. The molecular weight excluding hydrogens is 390 g/mol. The van der Waals surface area contributed by atoms with E-state index in [1.807, 2.05) is 13.0 Å². The molecule has 0 radical (unpaired) electrons. The minimum Gasteiger partial charge on any atom is -0.508 e. The van der Waals surface area contributed by atoms with E-state index in [0.29, 0.717) is 5.75 Å². The Morgan fingerprint density at radius 1 is 0.781 bits per heavy atom. The zero-order valence-electron chi connectivity index (χ0n) is 20.4. The zero-order chi connectivity index (χ0) is 22.6. The number of H-pyrrole nitrogens is 1. The van der Waals surface area contributed by atoms with Gasteiger partial charge in [-0.05, 0) is 68.7 Å². The number of nitrogens with one attached hydrogen (secondary N) is 1. The fourth-order valence-electron chi connectivity index (χ4n) is 4.82. The van der Waals surface area contributed by atoms with Gasteiger partial charge in [0.25, 0.3) is 0 Å². The quantitative estimate of drug-likeness (QED) is 0.182. The number of hydrogen-bond acceptors (Lipinski definition) is 1. The highest BCUT2D eigenvalue weighted by molar-refractivity contribution is 6.09. The maximum Gasteiger partial charge on any atom is 0.119 e. The molecule has 2 heteroatoms. The van der Waals surface area contributed by atoms with Crippen molar-refractivity contribution in [1.82, 2.24) is 4.98 Å². The van der Waals surface area contributed by atoms with Crippen molar-refractivity contribution in [2.75, 3.05) is 0 Å². The number of allylic oxidation sites excluding steroid dienone is 2. The second kappa shape index (κ2) is 13.4. The number of hydrogen-bond donors (Lipinski definition) is 2. The summed E-state index contributed by atoms with van der Waals surface area (Å²) in [7, 11) is 0. The van der Waals surface area contributed by atoms with Crippen molar-refractivity contribution in [3.05, 3.63) is 53.6 Å². The van der Waals surface area contributed by atoms with Gasteiger partial charge in [0.2, 0.25) is 0 Å². The monoisotopic (exact) mass is 433 g/mol. The van der Waals surface area contributed by atoms with Crippen LogP contribution in [0.1, 0.15) is 102 Å². The Balaban J connectivity index is 1.34. The van der Waals surface area contributed by atoms with Gasteiger partial charge in [-0.15, -0.1) is 0 Å². The number of aromatic amines is 1. The molecule has 0 aliphatic heterocycles. The largest absolute Gasteiger partial charge is 0.508 e. The summed E-state index contributed by atoms with van der Waals surface area (Å²) in [5.41, 5.74) is 4.67.